The summed E-state index contributed by atoms with van der Waals surface area (Å²) in [5.41, 5.74) is 22.1. The Labute approximate surface area is 149 Å². The number of aryl methyl sites for hydroxylation is 4. The van der Waals surface area contributed by atoms with E-state index in [4.69, 9.17) is 11.5 Å². The van der Waals surface area contributed by atoms with E-state index in [1.54, 1.807) is 6.20 Å². The topological polar surface area (TPSA) is 64.9 Å². The highest BCUT2D eigenvalue weighted by atomic mass is 14.6. The molecule has 128 valence electrons. The van der Waals surface area contributed by atoms with Crippen molar-refractivity contribution >= 4 is 11.4 Å². The van der Waals surface area contributed by atoms with Gasteiger partial charge in [-0.3, -0.25) is 4.98 Å². The van der Waals surface area contributed by atoms with Crippen LogP contribution in [0.4, 0.5) is 11.4 Å². The van der Waals surface area contributed by atoms with E-state index in [1.165, 1.54) is 11.1 Å². The average Bonchev–Trinajstić information content (AvgIpc) is 2.58. The van der Waals surface area contributed by atoms with Gasteiger partial charge in [0.15, 0.2) is 0 Å². The summed E-state index contributed by atoms with van der Waals surface area (Å²) in [6, 6.07) is 12.8. The van der Waals surface area contributed by atoms with Crippen molar-refractivity contribution in [2.24, 2.45) is 0 Å². The van der Waals surface area contributed by atoms with Crippen LogP contribution in [0.2, 0.25) is 0 Å². The molecule has 0 aliphatic heterocycles. The summed E-state index contributed by atoms with van der Waals surface area (Å²) < 4.78 is 0. The van der Waals surface area contributed by atoms with E-state index >= 15 is 0 Å². The van der Waals surface area contributed by atoms with Crippen LogP contribution in [0, 0.1) is 27.7 Å². The highest BCUT2D eigenvalue weighted by Gasteiger charge is 2.20. The molecule has 0 amide bonds. The Balaban J connectivity index is 2.25. The number of aromatic nitrogens is 1. The monoisotopic (exact) mass is 331 g/mol. The first kappa shape index (κ1) is 17.0. The third-order valence-electron chi connectivity index (χ3n) is 4.92. The summed E-state index contributed by atoms with van der Waals surface area (Å²) >= 11 is 0. The molecule has 0 aliphatic rings. The molecule has 0 fully saturated rings. The number of hydrogen-bond acceptors (Lipinski definition) is 3. The summed E-state index contributed by atoms with van der Waals surface area (Å²) in [6.45, 7) is 8.24. The van der Waals surface area contributed by atoms with Crippen LogP contribution < -0.4 is 11.5 Å². The third kappa shape index (κ3) is 3.22. The van der Waals surface area contributed by atoms with Gasteiger partial charge in [-0.25, -0.2) is 0 Å². The van der Waals surface area contributed by atoms with Crippen LogP contribution in [-0.2, 0) is 0 Å². The van der Waals surface area contributed by atoms with Gasteiger partial charge in [0, 0.05) is 29.7 Å². The number of rotatable bonds is 3. The van der Waals surface area contributed by atoms with Gasteiger partial charge in [-0.05, 0) is 72.7 Å². The molecule has 2 aromatic carbocycles. The lowest BCUT2D eigenvalue weighted by atomic mass is 9.83. The predicted octanol–water partition coefficient (Wildman–Crippen LogP) is 4.66. The standard InChI is InChI=1S/C22H25N3/c1-13-8-18(9-14(2)21(13)23)20(17-6-5-7-25-12-17)19-10-15(3)22(24)16(4)11-19/h5-12,20H,23-24H2,1-4H3. The minimum Gasteiger partial charge on any atom is -0.398 e. The van der Waals surface area contributed by atoms with Crippen molar-refractivity contribution in [1.82, 2.24) is 4.98 Å². The van der Waals surface area contributed by atoms with E-state index in [0.717, 1.165) is 39.2 Å². The second-order valence-electron chi connectivity index (χ2n) is 6.86. The van der Waals surface area contributed by atoms with Crippen LogP contribution in [-0.4, -0.2) is 4.98 Å². The van der Waals surface area contributed by atoms with E-state index < -0.39 is 0 Å². The maximum Gasteiger partial charge on any atom is 0.0373 e. The van der Waals surface area contributed by atoms with Gasteiger partial charge in [0.2, 0.25) is 0 Å². The van der Waals surface area contributed by atoms with Crippen LogP contribution in [0.1, 0.15) is 44.9 Å². The Hall–Kier alpha value is -2.81. The molecule has 0 spiro atoms. The molecule has 1 aromatic heterocycles. The highest BCUT2D eigenvalue weighted by Crippen LogP contribution is 2.36. The third-order valence-corrected chi connectivity index (χ3v) is 4.92. The Morgan fingerprint density at radius 1 is 0.720 bits per heavy atom. The van der Waals surface area contributed by atoms with Gasteiger partial charge >= 0.3 is 0 Å². The lowest BCUT2D eigenvalue weighted by molar-refractivity contribution is 0.953. The zero-order valence-electron chi connectivity index (χ0n) is 15.3. The van der Waals surface area contributed by atoms with Gasteiger partial charge in [-0.15, -0.1) is 0 Å². The molecular weight excluding hydrogens is 306 g/mol. The number of nitrogens with two attached hydrogens (primary N) is 2. The van der Waals surface area contributed by atoms with E-state index in [1.807, 2.05) is 12.3 Å². The molecule has 0 unspecified atom stereocenters. The molecule has 0 bridgehead atoms. The fourth-order valence-electron chi connectivity index (χ4n) is 3.47. The molecule has 0 atom stereocenters. The first-order valence-electron chi connectivity index (χ1n) is 8.51. The predicted molar refractivity (Wildman–Crippen MR) is 106 cm³/mol. The van der Waals surface area contributed by atoms with Crippen molar-refractivity contribution in [1.29, 1.82) is 0 Å². The molecular formula is C22H25N3. The van der Waals surface area contributed by atoms with E-state index in [0.29, 0.717) is 0 Å². The van der Waals surface area contributed by atoms with Crippen molar-refractivity contribution in [3.63, 3.8) is 0 Å². The molecule has 3 nitrogen and oxygen atoms in total. The summed E-state index contributed by atoms with van der Waals surface area (Å²) in [5, 5.41) is 0. The molecule has 0 radical (unpaired) electrons. The van der Waals surface area contributed by atoms with Crippen molar-refractivity contribution in [2.75, 3.05) is 11.5 Å². The van der Waals surface area contributed by atoms with Gasteiger partial charge in [0.05, 0.1) is 0 Å². The maximum absolute atomic E-state index is 6.17. The van der Waals surface area contributed by atoms with Crippen molar-refractivity contribution in [3.05, 3.63) is 87.7 Å². The van der Waals surface area contributed by atoms with Crippen molar-refractivity contribution in [2.45, 2.75) is 33.6 Å². The number of hydrogen-bond donors (Lipinski definition) is 2. The van der Waals surface area contributed by atoms with E-state index in [9.17, 15) is 0 Å². The first-order chi connectivity index (χ1) is 11.9. The van der Waals surface area contributed by atoms with Crippen LogP contribution in [0.3, 0.4) is 0 Å². The SMILES string of the molecule is Cc1cc(C(c2cccnc2)c2cc(C)c(N)c(C)c2)cc(C)c1N. The van der Waals surface area contributed by atoms with Crippen LogP contribution >= 0.6 is 0 Å². The van der Waals surface area contributed by atoms with Gasteiger partial charge in [-0.2, -0.15) is 0 Å². The molecule has 0 saturated carbocycles. The van der Waals surface area contributed by atoms with Gasteiger partial charge in [0.1, 0.15) is 0 Å². The summed E-state index contributed by atoms with van der Waals surface area (Å²) in [5.74, 6) is 0.102. The molecule has 3 heteroatoms. The highest BCUT2D eigenvalue weighted by molar-refractivity contribution is 5.60. The Kier molecular flexibility index (Phi) is 4.49. The zero-order chi connectivity index (χ0) is 18.1. The minimum absolute atomic E-state index is 0.102. The largest absolute Gasteiger partial charge is 0.398 e. The van der Waals surface area contributed by atoms with Crippen molar-refractivity contribution < 1.29 is 0 Å². The van der Waals surface area contributed by atoms with Gasteiger partial charge < -0.3 is 11.5 Å². The fourth-order valence-corrected chi connectivity index (χ4v) is 3.47. The molecule has 3 rings (SSSR count). The second kappa shape index (κ2) is 6.60. The van der Waals surface area contributed by atoms with Crippen LogP contribution in [0.15, 0.2) is 48.8 Å². The number of pyridine rings is 1. The van der Waals surface area contributed by atoms with E-state index in [2.05, 4.69) is 63.0 Å². The number of nitrogen functional groups attached to an aromatic ring is 2. The molecule has 0 aliphatic carbocycles. The lowest BCUT2D eigenvalue weighted by Crippen LogP contribution is -2.08. The van der Waals surface area contributed by atoms with Crippen LogP contribution in [0.5, 0.6) is 0 Å². The summed E-state index contributed by atoms with van der Waals surface area (Å²) in [4.78, 5) is 4.33. The molecule has 1 heterocycles. The van der Waals surface area contributed by atoms with E-state index in [-0.39, 0.29) is 5.92 Å². The number of anilines is 2. The minimum atomic E-state index is 0.102. The summed E-state index contributed by atoms with van der Waals surface area (Å²) in [7, 11) is 0. The molecule has 4 N–H and O–H groups in total. The van der Waals surface area contributed by atoms with Crippen molar-refractivity contribution in [3.8, 4) is 0 Å². The molecule has 0 saturated heterocycles. The maximum atomic E-state index is 6.17. The second-order valence-corrected chi connectivity index (χ2v) is 6.86. The quantitative estimate of drug-likeness (QED) is 0.686. The average molecular weight is 331 g/mol. The molecule has 25 heavy (non-hydrogen) atoms. The normalized spacial score (nSPS) is 11.1. The Morgan fingerprint density at radius 3 is 1.52 bits per heavy atom. The number of nitrogens with zero attached hydrogens (tertiary/aromatic N) is 1. The fraction of sp³-hybridized carbons (Fsp3) is 0.227. The Morgan fingerprint density at radius 2 is 1.16 bits per heavy atom. The lowest BCUT2D eigenvalue weighted by Gasteiger charge is -2.22. The van der Waals surface area contributed by atoms with Crippen LogP contribution in [0.25, 0.3) is 0 Å². The van der Waals surface area contributed by atoms with Gasteiger partial charge in [-0.1, -0.05) is 30.3 Å². The summed E-state index contributed by atoms with van der Waals surface area (Å²) in [6.07, 6.45) is 3.74. The first-order valence-corrected chi connectivity index (χ1v) is 8.51. The smallest absolute Gasteiger partial charge is 0.0373 e. The Bertz CT molecular complexity index is 810. The molecule has 3 aromatic rings. The number of benzene rings is 2. The van der Waals surface area contributed by atoms with Gasteiger partial charge in [0.25, 0.3) is 0 Å². The zero-order valence-corrected chi connectivity index (χ0v) is 15.3.